The molecule has 0 aliphatic heterocycles. The average molecular weight is 278 g/mol. The van der Waals surface area contributed by atoms with Gasteiger partial charge < -0.3 is 5.32 Å². The summed E-state index contributed by atoms with van der Waals surface area (Å²) in [6.45, 7) is 4.84. The van der Waals surface area contributed by atoms with E-state index in [4.69, 9.17) is 23.2 Å². The number of nitrogens with one attached hydrogen (secondary N) is 1. The molecule has 0 amide bonds. The molecule has 0 aromatic heterocycles. The van der Waals surface area contributed by atoms with E-state index in [2.05, 4.69) is 19.2 Å². The lowest BCUT2D eigenvalue weighted by Gasteiger charge is -2.18. The molecule has 0 radical (unpaired) electrons. The van der Waals surface area contributed by atoms with E-state index in [1.165, 1.54) is 6.07 Å². The van der Waals surface area contributed by atoms with Crippen molar-refractivity contribution in [1.29, 1.82) is 0 Å². The van der Waals surface area contributed by atoms with Gasteiger partial charge >= 0.3 is 0 Å². The third kappa shape index (κ3) is 4.82. The molecule has 96 valence electrons. The maximum absolute atomic E-state index is 13.2. The Labute approximate surface area is 112 Å². The molecule has 1 nitrogen and oxygen atoms in total. The molecule has 0 saturated carbocycles. The predicted octanol–water partition coefficient (Wildman–Crippen LogP) is 4.22. The number of halogens is 3. The standard InChI is InChI=1S/C13H18Cl2FN/c1-9(2)6-11(7-14)17-8-10-4-3-5-12(16)13(10)15/h3-5,9,11,17H,6-8H2,1-2H3. The molecule has 0 aliphatic rings. The maximum Gasteiger partial charge on any atom is 0.142 e. The summed E-state index contributed by atoms with van der Waals surface area (Å²) in [5.74, 6) is 0.747. The average Bonchev–Trinajstić information content (AvgIpc) is 2.28. The predicted molar refractivity (Wildman–Crippen MR) is 72.2 cm³/mol. The van der Waals surface area contributed by atoms with Gasteiger partial charge in [0.2, 0.25) is 0 Å². The first-order chi connectivity index (χ1) is 8.04. The van der Waals surface area contributed by atoms with Crippen molar-refractivity contribution in [2.45, 2.75) is 32.9 Å². The molecule has 1 aromatic carbocycles. The largest absolute Gasteiger partial charge is 0.309 e. The van der Waals surface area contributed by atoms with Gasteiger partial charge in [-0.05, 0) is 24.0 Å². The molecule has 0 heterocycles. The normalized spacial score (nSPS) is 13.1. The SMILES string of the molecule is CC(C)CC(CCl)NCc1cccc(F)c1Cl. The quantitative estimate of drug-likeness (QED) is 0.768. The van der Waals surface area contributed by atoms with E-state index < -0.39 is 0 Å². The fourth-order valence-electron chi connectivity index (χ4n) is 1.71. The highest BCUT2D eigenvalue weighted by molar-refractivity contribution is 6.31. The second-order valence-corrected chi connectivity index (χ2v) is 5.26. The molecule has 1 aromatic rings. The molecule has 1 unspecified atom stereocenters. The van der Waals surface area contributed by atoms with Gasteiger partial charge in [0, 0.05) is 18.5 Å². The Kier molecular flexibility index (Phi) is 6.24. The zero-order chi connectivity index (χ0) is 12.8. The summed E-state index contributed by atoms with van der Waals surface area (Å²) in [6, 6.07) is 5.07. The summed E-state index contributed by atoms with van der Waals surface area (Å²) in [7, 11) is 0. The Hall–Kier alpha value is -0.310. The van der Waals surface area contributed by atoms with Crippen LogP contribution in [-0.4, -0.2) is 11.9 Å². The molecule has 1 N–H and O–H groups in total. The van der Waals surface area contributed by atoms with Crippen molar-refractivity contribution >= 4 is 23.2 Å². The Morgan fingerprint density at radius 3 is 2.65 bits per heavy atom. The van der Waals surface area contributed by atoms with Crippen LogP contribution in [0.1, 0.15) is 25.8 Å². The topological polar surface area (TPSA) is 12.0 Å². The highest BCUT2D eigenvalue weighted by Crippen LogP contribution is 2.19. The third-order valence-electron chi connectivity index (χ3n) is 2.55. The van der Waals surface area contributed by atoms with E-state index in [1.807, 2.05) is 6.07 Å². The number of alkyl halides is 1. The van der Waals surface area contributed by atoms with Crippen LogP contribution in [0, 0.1) is 11.7 Å². The Bertz CT molecular complexity index is 355. The van der Waals surface area contributed by atoms with Crippen molar-refractivity contribution in [3.8, 4) is 0 Å². The summed E-state index contributed by atoms with van der Waals surface area (Å²) < 4.78 is 13.2. The van der Waals surface area contributed by atoms with Crippen molar-refractivity contribution in [2.24, 2.45) is 5.92 Å². The fraction of sp³-hybridized carbons (Fsp3) is 0.538. The zero-order valence-corrected chi connectivity index (χ0v) is 11.7. The minimum atomic E-state index is -0.378. The molecular weight excluding hydrogens is 260 g/mol. The van der Waals surface area contributed by atoms with Crippen LogP contribution >= 0.6 is 23.2 Å². The number of benzene rings is 1. The summed E-state index contributed by atoms with van der Waals surface area (Å²) in [5, 5.41) is 3.49. The summed E-state index contributed by atoms with van der Waals surface area (Å²) >= 11 is 11.8. The van der Waals surface area contributed by atoms with Crippen molar-refractivity contribution in [2.75, 3.05) is 5.88 Å². The number of rotatable bonds is 6. The molecule has 1 atom stereocenters. The van der Waals surface area contributed by atoms with Gasteiger partial charge in [0.25, 0.3) is 0 Å². The van der Waals surface area contributed by atoms with Gasteiger partial charge in [-0.2, -0.15) is 0 Å². The van der Waals surface area contributed by atoms with Crippen molar-refractivity contribution in [3.63, 3.8) is 0 Å². The molecule has 17 heavy (non-hydrogen) atoms. The van der Waals surface area contributed by atoms with Crippen LogP contribution in [0.25, 0.3) is 0 Å². The lowest BCUT2D eigenvalue weighted by molar-refractivity contribution is 0.444. The Morgan fingerprint density at radius 1 is 1.35 bits per heavy atom. The van der Waals surface area contributed by atoms with Crippen LogP contribution in [-0.2, 0) is 6.54 Å². The molecule has 0 bridgehead atoms. The van der Waals surface area contributed by atoms with Gasteiger partial charge in [0.15, 0.2) is 0 Å². The number of hydrogen-bond acceptors (Lipinski definition) is 1. The van der Waals surface area contributed by atoms with Gasteiger partial charge in [0.05, 0.1) is 5.02 Å². The molecule has 4 heteroatoms. The fourth-order valence-corrected chi connectivity index (χ4v) is 2.14. The van der Waals surface area contributed by atoms with Gasteiger partial charge in [0.1, 0.15) is 5.82 Å². The van der Waals surface area contributed by atoms with Gasteiger partial charge in [-0.25, -0.2) is 4.39 Å². The smallest absolute Gasteiger partial charge is 0.142 e. The lowest BCUT2D eigenvalue weighted by Crippen LogP contribution is -2.31. The second kappa shape index (κ2) is 7.20. The Morgan fingerprint density at radius 2 is 2.06 bits per heavy atom. The highest BCUT2D eigenvalue weighted by Gasteiger charge is 2.11. The second-order valence-electron chi connectivity index (χ2n) is 4.57. The van der Waals surface area contributed by atoms with E-state index in [0.29, 0.717) is 18.3 Å². The Balaban J connectivity index is 2.56. The maximum atomic E-state index is 13.2. The minimum Gasteiger partial charge on any atom is -0.309 e. The van der Waals surface area contributed by atoms with Crippen LogP contribution in [0.3, 0.4) is 0 Å². The minimum absolute atomic E-state index is 0.192. The molecule has 0 fully saturated rings. The van der Waals surface area contributed by atoms with Crippen molar-refractivity contribution in [1.82, 2.24) is 5.32 Å². The summed E-state index contributed by atoms with van der Waals surface area (Å²) in [6.07, 6.45) is 0.996. The highest BCUT2D eigenvalue weighted by atomic mass is 35.5. The molecule has 0 spiro atoms. The van der Waals surface area contributed by atoms with E-state index in [1.54, 1.807) is 6.07 Å². The van der Waals surface area contributed by atoms with Crippen LogP contribution in [0.4, 0.5) is 4.39 Å². The van der Waals surface area contributed by atoms with E-state index in [0.717, 1.165) is 12.0 Å². The van der Waals surface area contributed by atoms with Crippen LogP contribution < -0.4 is 5.32 Å². The van der Waals surface area contributed by atoms with E-state index >= 15 is 0 Å². The first-order valence-corrected chi connectivity index (χ1v) is 6.68. The monoisotopic (exact) mass is 277 g/mol. The zero-order valence-electron chi connectivity index (χ0n) is 10.1. The molecular formula is C13H18Cl2FN. The van der Waals surface area contributed by atoms with Gasteiger partial charge in [-0.3, -0.25) is 0 Å². The third-order valence-corrected chi connectivity index (χ3v) is 3.35. The lowest BCUT2D eigenvalue weighted by atomic mass is 10.0. The van der Waals surface area contributed by atoms with Crippen LogP contribution in [0.15, 0.2) is 18.2 Å². The van der Waals surface area contributed by atoms with E-state index in [9.17, 15) is 4.39 Å². The van der Waals surface area contributed by atoms with Gasteiger partial charge in [-0.15, -0.1) is 11.6 Å². The number of hydrogen-bond donors (Lipinski definition) is 1. The summed E-state index contributed by atoms with van der Waals surface area (Å²) in [5.41, 5.74) is 0.769. The molecule has 1 rings (SSSR count). The van der Waals surface area contributed by atoms with Crippen LogP contribution in [0.5, 0.6) is 0 Å². The molecule has 0 aliphatic carbocycles. The van der Waals surface area contributed by atoms with Gasteiger partial charge in [-0.1, -0.05) is 37.6 Å². The van der Waals surface area contributed by atoms with Crippen LogP contribution in [0.2, 0.25) is 5.02 Å². The van der Waals surface area contributed by atoms with Crippen molar-refractivity contribution in [3.05, 3.63) is 34.6 Å². The summed E-state index contributed by atoms with van der Waals surface area (Å²) in [4.78, 5) is 0. The van der Waals surface area contributed by atoms with Crippen molar-refractivity contribution < 1.29 is 4.39 Å². The molecule has 0 saturated heterocycles. The first-order valence-electron chi connectivity index (χ1n) is 5.76. The van der Waals surface area contributed by atoms with E-state index in [-0.39, 0.29) is 16.9 Å². The first kappa shape index (κ1) is 14.7.